The average molecular weight is 389 g/mol. The van der Waals surface area contributed by atoms with E-state index in [0.29, 0.717) is 6.42 Å². The van der Waals surface area contributed by atoms with Crippen molar-refractivity contribution >= 4 is 22.4 Å². The fourth-order valence-electron chi connectivity index (χ4n) is 4.09. The van der Waals surface area contributed by atoms with Crippen molar-refractivity contribution in [2.45, 2.75) is 32.1 Å². The fraction of sp³-hybridized carbons (Fsp3) is 0.333. The van der Waals surface area contributed by atoms with Crippen LogP contribution in [0.25, 0.3) is 22.0 Å². The van der Waals surface area contributed by atoms with Crippen LogP contribution >= 0.6 is 0 Å². The lowest BCUT2D eigenvalue weighted by Gasteiger charge is -2.10. The minimum atomic E-state index is -0.0700. The van der Waals surface area contributed by atoms with Crippen LogP contribution in [0.15, 0.2) is 47.3 Å². The topological polar surface area (TPSA) is 65.2 Å². The molecule has 0 aliphatic heterocycles. The molecular formula is C24H27N3O2. The van der Waals surface area contributed by atoms with Crippen molar-refractivity contribution < 1.29 is 4.79 Å². The highest BCUT2D eigenvalue weighted by molar-refractivity contribution is 5.95. The van der Waals surface area contributed by atoms with E-state index in [-0.39, 0.29) is 11.5 Å². The van der Waals surface area contributed by atoms with Crippen molar-refractivity contribution in [1.29, 1.82) is 0 Å². The third-order valence-electron chi connectivity index (χ3n) is 5.58. The lowest BCUT2D eigenvalue weighted by Crippen LogP contribution is -2.14. The van der Waals surface area contributed by atoms with Gasteiger partial charge in [0.15, 0.2) is 0 Å². The highest BCUT2D eigenvalue weighted by Gasteiger charge is 2.23. The fourth-order valence-corrected chi connectivity index (χ4v) is 4.09. The van der Waals surface area contributed by atoms with Crippen LogP contribution in [0, 0.1) is 0 Å². The number of aromatic amines is 1. The molecule has 0 saturated carbocycles. The van der Waals surface area contributed by atoms with Gasteiger partial charge in [-0.2, -0.15) is 0 Å². The van der Waals surface area contributed by atoms with Gasteiger partial charge in [0, 0.05) is 29.5 Å². The van der Waals surface area contributed by atoms with Gasteiger partial charge in [0.05, 0.1) is 5.69 Å². The molecule has 0 bridgehead atoms. The summed E-state index contributed by atoms with van der Waals surface area (Å²) in [5.74, 6) is 0.0417. The largest absolute Gasteiger partial charge is 0.326 e. The number of pyridine rings is 1. The molecule has 0 radical (unpaired) electrons. The summed E-state index contributed by atoms with van der Waals surface area (Å²) >= 11 is 0. The zero-order chi connectivity index (χ0) is 20.4. The normalized spacial score (nSPS) is 12.2. The number of rotatable bonds is 7. The second-order valence-electron chi connectivity index (χ2n) is 8.06. The first-order chi connectivity index (χ1) is 14.0. The summed E-state index contributed by atoms with van der Waals surface area (Å²) in [5, 5.41) is 4.74. The molecule has 0 spiro atoms. The molecule has 2 N–H and O–H groups in total. The third-order valence-corrected chi connectivity index (χ3v) is 5.58. The van der Waals surface area contributed by atoms with Crippen molar-refractivity contribution in [2.75, 3.05) is 26.0 Å². The number of H-pyrrole nitrogens is 1. The average Bonchev–Trinajstić information content (AvgIpc) is 3.06. The molecule has 0 unspecified atom stereocenters. The lowest BCUT2D eigenvalue weighted by atomic mass is 10.0. The maximum Gasteiger partial charge on any atom is 0.256 e. The first kappa shape index (κ1) is 19.4. The first-order valence-electron chi connectivity index (χ1n) is 10.2. The van der Waals surface area contributed by atoms with Crippen LogP contribution in [-0.2, 0) is 11.2 Å². The summed E-state index contributed by atoms with van der Waals surface area (Å²) in [6, 6.07) is 13.7. The van der Waals surface area contributed by atoms with Gasteiger partial charge in [0.25, 0.3) is 5.56 Å². The van der Waals surface area contributed by atoms with Crippen molar-refractivity contribution in [3.05, 3.63) is 63.9 Å². The number of carbonyl (C=O) groups is 1. The molecule has 1 heterocycles. The molecule has 2 aromatic carbocycles. The zero-order valence-electron chi connectivity index (χ0n) is 17.0. The lowest BCUT2D eigenvalue weighted by molar-refractivity contribution is -0.116. The van der Waals surface area contributed by atoms with Crippen LogP contribution in [0.4, 0.5) is 5.69 Å². The summed E-state index contributed by atoms with van der Waals surface area (Å²) in [7, 11) is 4.13. The van der Waals surface area contributed by atoms with Crippen molar-refractivity contribution in [3.63, 3.8) is 0 Å². The van der Waals surface area contributed by atoms with Crippen LogP contribution in [0.2, 0.25) is 0 Å². The zero-order valence-corrected chi connectivity index (χ0v) is 17.0. The number of benzene rings is 2. The Labute approximate surface area is 170 Å². The monoisotopic (exact) mass is 389 g/mol. The maximum absolute atomic E-state index is 12.5. The number of fused-ring (bicyclic) bond motifs is 5. The molecule has 0 saturated heterocycles. The van der Waals surface area contributed by atoms with E-state index in [4.69, 9.17) is 0 Å². The number of nitrogens with one attached hydrogen (secondary N) is 2. The van der Waals surface area contributed by atoms with Gasteiger partial charge in [-0.1, -0.05) is 30.7 Å². The highest BCUT2D eigenvalue weighted by Crippen LogP contribution is 2.39. The van der Waals surface area contributed by atoms with E-state index < -0.39 is 0 Å². The van der Waals surface area contributed by atoms with E-state index in [2.05, 4.69) is 35.4 Å². The molecule has 0 atom stereocenters. The molecule has 1 aliphatic carbocycles. The number of unbranched alkanes of at least 4 members (excludes halogenated alkanes) is 2. The molecule has 150 valence electrons. The van der Waals surface area contributed by atoms with E-state index in [1.54, 1.807) is 0 Å². The number of hydrogen-bond acceptors (Lipinski definition) is 3. The quantitative estimate of drug-likeness (QED) is 0.467. The Kier molecular flexibility index (Phi) is 5.49. The number of nitrogens with zero attached hydrogens (tertiary/aromatic N) is 1. The Balaban J connectivity index is 1.49. The van der Waals surface area contributed by atoms with Gasteiger partial charge in [-0.25, -0.2) is 0 Å². The minimum absolute atomic E-state index is 0.0417. The van der Waals surface area contributed by atoms with Crippen LogP contribution in [0.1, 0.15) is 36.8 Å². The van der Waals surface area contributed by atoms with E-state index >= 15 is 0 Å². The van der Waals surface area contributed by atoms with Crippen molar-refractivity contribution in [3.8, 4) is 11.3 Å². The standard InChI is InChI=1S/C24H27N3O2/c1-27(2)13-7-3-4-10-22(28)25-17-12-11-16-14-21-18-8-5-6-9-19(18)24(29)26-23(21)20(16)15-17/h5-6,8-9,11-12,15H,3-4,7,10,13-14H2,1-2H3,(H,25,28)(H,26,29). The number of anilines is 1. The first-order valence-corrected chi connectivity index (χ1v) is 10.2. The Morgan fingerprint density at radius 3 is 2.66 bits per heavy atom. The molecule has 3 aromatic rings. The summed E-state index contributed by atoms with van der Waals surface area (Å²) in [6.45, 7) is 1.05. The Bertz CT molecular complexity index is 1110. The van der Waals surface area contributed by atoms with Crippen LogP contribution in [0.3, 0.4) is 0 Å². The Hall–Kier alpha value is -2.92. The molecule has 1 amide bonds. The molecule has 4 rings (SSSR count). The van der Waals surface area contributed by atoms with Gasteiger partial charge < -0.3 is 15.2 Å². The number of carbonyl (C=O) groups excluding carboxylic acids is 1. The SMILES string of the molecule is CN(C)CCCCCC(=O)Nc1ccc2c(c1)-c1[nH]c(=O)c3ccccc3c1C2. The molecule has 5 heteroatoms. The number of aromatic nitrogens is 1. The predicted molar refractivity (Wildman–Crippen MR) is 118 cm³/mol. The molecule has 29 heavy (non-hydrogen) atoms. The second kappa shape index (κ2) is 8.21. The van der Waals surface area contributed by atoms with Gasteiger partial charge in [0.1, 0.15) is 0 Å². The van der Waals surface area contributed by atoms with Gasteiger partial charge in [-0.3, -0.25) is 9.59 Å². The Morgan fingerprint density at radius 1 is 1.07 bits per heavy atom. The van der Waals surface area contributed by atoms with Gasteiger partial charge in [-0.15, -0.1) is 0 Å². The van der Waals surface area contributed by atoms with E-state index in [1.165, 1.54) is 5.56 Å². The van der Waals surface area contributed by atoms with Crippen LogP contribution in [0.5, 0.6) is 0 Å². The summed E-state index contributed by atoms with van der Waals surface area (Å²) < 4.78 is 0. The smallest absolute Gasteiger partial charge is 0.256 e. The summed E-state index contributed by atoms with van der Waals surface area (Å²) in [6.07, 6.45) is 4.38. The van der Waals surface area contributed by atoms with Gasteiger partial charge in [-0.05, 0) is 68.2 Å². The highest BCUT2D eigenvalue weighted by atomic mass is 16.1. The van der Waals surface area contributed by atoms with E-state index in [0.717, 1.165) is 65.5 Å². The van der Waals surface area contributed by atoms with Crippen molar-refractivity contribution in [2.24, 2.45) is 0 Å². The molecule has 5 nitrogen and oxygen atoms in total. The molecule has 0 fully saturated rings. The number of amides is 1. The number of hydrogen-bond donors (Lipinski definition) is 2. The van der Waals surface area contributed by atoms with Gasteiger partial charge in [0.2, 0.25) is 5.91 Å². The minimum Gasteiger partial charge on any atom is -0.326 e. The molecule has 1 aromatic heterocycles. The van der Waals surface area contributed by atoms with E-state index in [9.17, 15) is 9.59 Å². The third kappa shape index (κ3) is 4.10. The van der Waals surface area contributed by atoms with Gasteiger partial charge >= 0.3 is 0 Å². The van der Waals surface area contributed by atoms with Crippen LogP contribution in [-0.4, -0.2) is 36.4 Å². The summed E-state index contributed by atoms with van der Waals surface area (Å²) in [5.41, 5.74) is 4.92. The molecular weight excluding hydrogens is 362 g/mol. The summed E-state index contributed by atoms with van der Waals surface area (Å²) in [4.78, 5) is 30.0. The maximum atomic E-state index is 12.5. The van der Waals surface area contributed by atoms with E-state index in [1.807, 2.05) is 36.4 Å². The van der Waals surface area contributed by atoms with Crippen LogP contribution < -0.4 is 10.9 Å². The molecule has 1 aliphatic rings. The van der Waals surface area contributed by atoms with Crippen molar-refractivity contribution in [1.82, 2.24) is 9.88 Å². The predicted octanol–water partition coefficient (Wildman–Crippen LogP) is 4.16. The second-order valence-corrected chi connectivity index (χ2v) is 8.06. The Morgan fingerprint density at radius 2 is 1.86 bits per heavy atom.